The number of piperidine rings is 1. The van der Waals surface area contributed by atoms with Gasteiger partial charge in [0.15, 0.2) is 0 Å². The summed E-state index contributed by atoms with van der Waals surface area (Å²) in [6.07, 6.45) is 5.35. The van der Waals surface area contributed by atoms with Gasteiger partial charge in [0.25, 0.3) is 5.91 Å². The zero-order valence-corrected chi connectivity index (χ0v) is 10.5. The van der Waals surface area contributed by atoms with Gasteiger partial charge in [-0.05, 0) is 43.2 Å². The van der Waals surface area contributed by atoms with Crippen LogP contribution in [-0.2, 0) is 6.42 Å². The number of carbonyl (C=O) groups excluding carboxylic acids is 1. The van der Waals surface area contributed by atoms with Crippen LogP contribution in [0.15, 0.2) is 12.3 Å². The molecule has 0 N–H and O–H groups in total. The van der Waals surface area contributed by atoms with Crippen LogP contribution >= 0.6 is 0 Å². The van der Waals surface area contributed by atoms with Crippen molar-refractivity contribution in [1.82, 2.24) is 9.88 Å². The number of aromatic nitrogens is 1. The van der Waals surface area contributed by atoms with Gasteiger partial charge >= 0.3 is 0 Å². The Bertz CT molecular complexity index is 489. The van der Waals surface area contributed by atoms with Crippen molar-refractivity contribution in [2.45, 2.75) is 38.6 Å². The number of hydrogen-bond acceptors (Lipinski definition) is 2. The first-order valence-electron chi connectivity index (χ1n) is 6.60. The van der Waals surface area contributed by atoms with E-state index in [1.54, 1.807) is 0 Å². The topological polar surface area (TPSA) is 33.2 Å². The van der Waals surface area contributed by atoms with Crippen LogP contribution in [-0.4, -0.2) is 28.4 Å². The lowest BCUT2D eigenvalue weighted by Gasteiger charge is -2.37. The molecular formula is C14H17FN2O. The number of hydrogen-bond donors (Lipinski definition) is 0. The van der Waals surface area contributed by atoms with Gasteiger partial charge in [-0.25, -0.2) is 4.98 Å². The van der Waals surface area contributed by atoms with Crippen molar-refractivity contribution in [3.05, 3.63) is 29.3 Å². The molecule has 1 aromatic heterocycles. The maximum atomic E-state index is 13.2. The van der Waals surface area contributed by atoms with E-state index < -0.39 is 5.95 Å². The second kappa shape index (κ2) is 4.34. The van der Waals surface area contributed by atoms with Gasteiger partial charge in [-0.15, -0.1) is 0 Å². The van der Waals surface area contributed by atoms with Crippen molar-refractivity contribution in [3.63, 3.8) is 0 Å². The van der Waals surface area contributed by atoms with E-state index >= 15 is 0 Å². The minimum Gasteiger partial charge on any atom is -0.335 e. The largest absolute Gasteiger partial charge is 0.335 e. The van der Waals surface area contributed by atoms with Crippen LogP contribution < -0.4 is 0 Å². The zero-order valence-electron chi connectivity index (χ0n) is 10.5. The van der Waals surface area contributed by atoms with Gasteiger partial charge in [0, 0.05) is 18.8 Å². The van der Waals surface area contributed by atoms with Gasteiger partial charge in [0.05, 0.1) is 5.56 Å². The van der Waals surface area contributed by atoms with Crippen molar-refractivity contribution >= 4 is 5.91 Å². The maximum Gasteiger partial charge on any atom is 0.255 e. The fourth-order valence-electron chi connectivity index (χ4n) is 3.10. The Morgan fingerprint density at radius 2 is 2.22 bits per heavy atom. The monoisotopic (exact) mass is 248 g/mol. The van der Waals surface area contributed by atoms with Crippen molar-refractivity contribution in [2.75, 3.05) is 6.54 Å². The highest BCUT2D eigenvalue weighted by molar-refractivity contribution is 5.96. The van der Waals surface area contributed by atoms with Crippen LogP contribution in [0.5, 0.6) is 0 Å². The van der Waals surface area contributed by atoms with E-state index in [0.29, 0.717) is 17.5 Å². The summed E-state index contributed by atoms with van der Waals surface area (Å²) in [4.78, 5) is 18.1. The van der Waals surface area contributed by atoms with Crippen molar-refractivity contribution in [1.29, 1.82) is 0 Å². The fraction of sp³-hybridized carbons (Fsp3) is 0.571. The summed E-state index contributed by atoms with van der Waals surface area (Å²) in [5.41, 5.74) is 1.41. The SMILES string of the molecule is CC1CCC2CCc3cc(F)ncc3C(=O)N2C1. The number of aryl methyl sites for hydroxylation is 1. The summed E-state index contributed by atoms with van der Waals surface area (Å²) in [6.45, 7) is 3.00. The summed E-state index contributed by atoms with van der Waals surface area (Å²) >= 11 is 0. The number of pyridine rings is 1. The van der Waals surface area contributed by atoms with E-state index in [1.165, 1.54) is 18.7 Å². The Hall–Kier alpha value is -1.45. The molecule has 1 saturated heterocycles. The highest BCUT2D eigenvalue weighted by Gasteiger charge is 2.33. The van der Waals surface area contributed by atoms with Crippen molar-refractivity contribution in [3.8, 4) is 0 Å². The molecule has 1 amide bonds. The van der Waals surface area contributed by atoms with Gasteiger partial charge < -0.3 is 4.90 Å². The molecule has 0 radical (unpaired) electrons. The van der Waals surface area contributed by atoms with Crippen LogP contribution in [0.2, 0.25) is 0 Å². The molecule has 0 aromatic carbocycles. The molecule has 1 fully saturated rings. The lowest BCUT2D eigenvalue weighted by atomic mass is 9.92. The van der Waals surface area contributed by atoms with Gasteiger partial charge in [-0.2, -0.15) is 4.39 Å². The molecule has 0 bridgehead atoms. The predicted molar refractivity (Wildman–Crippen MR) is 65.7 cm³/mol. The first-order valence-corrected chi connectivity index (χ1v) is 6.60. The summed E-state index contributed by atoms with van der Waals surface area (Å²) < 4.78 is 13.2. The molecule has 96 valence electrons. The molecule has 2 unspecified atom stereocenters. The third-order valence-corrected chi connectivity index (χ3v) is 4.14. The second-order valence-electron chi connectivity index (χ2n) is 5.50. The molecule has 0 aliphatic carbocycles. The third-order valence-electron chi connectivity index (χ3n) is 4.14. The average molecular weight is 248 g/mol. The molecule has 18 heavy (non-hydrogen) atoms. The number of halogens is 1. The minimum absolute atomic E-state index is 0.0338. The number of amides is 1. The summed E-state index contributed by atoms with van der Waals surface area (Å²) in [5.74, 6) is 0.0986. The normalized spacial score (nSPS) is 27.4. The van der Waals surface area contributed by atoms with E-state index in [1.807, 2.05) is 4.90 Å². The number of fused-ring (bicyclic) bond motifs is 2. The second-order valence-corrected chi connectivity index (χ2v) is 5.50. The van der Waals surface area contributed by atoms with Crippen molar-refractivity contribution in [2.24, 2.45) is 5.92 Å². The molecule has 1 aromatic rings. The Morgan fingerprint density at radius 3 is 3.06 bits per heavy atom. The van der Waals surface area contributed by atoms with Crippen LogP contribution in [0.1, 0.15) is 42.1 Å². The average Bonchev–Trinajstić information content (AvgIpc) is 2.48. The molecular weight excluding hydrogens is 231 g/mol. The predicted octanol–water partition coefficient (Wildman–Crippen LogP) is 2.41. The van der Waals surface area contributed by atoms with E-state index in [9.17, 15) is 9.18 Å². The molecule has 3 nitrogen and oxygen atoms in total. The Morgan fingerprint density at radius 1 is 1.39 bits per heavy atom. The Labute approximate surface area is 106 Å². The summed E-state index contributed by atoms with van der Waals surface area (Å²) in [5, 5.41) is 0. The quantitative estimate of drug-likeness (QED) is 0.661. The fourth-order valence-corrected chi connectivity index (χ4v) is 3.10. The first-order chi connectivity index (χ1) is 8.65. The number of carbonyl (C=O) groups is 1. The Kier molecular flexibility index (Phi) is 2.80. The molecule has 3 rings (SSSR count). The van der Waals surface area contributed by atoms with Gasteiger partial charge in [-0.3, -0.25) is 4.79 Å². The molecule has 2 atom stereocenters. The lowest BCUT2D eigenvalue weighted by Crippen LogP contribution is -2.45. The summed E-state index contributed by atoms with van der Waals surface area (Å²) in [7, 11) is 0. The van der Waals surface area contributed by atoms with Gasteiger partial charge in [-0.1, -0.05) is 6.92 Å². The highest BCUT2D eigenvalue weighted by Crippen LogP contribution is 2.30. The number of nitrogens with zero attached hydrogens (tertiary/aromatic N) is 2. The van der Waals surface area contributed by atoms with Crippen LogP contribution in [0.4, 0.5) is 4.39 Å². The van der Waals surface area contributed by atoms with Crippen molar-refractivity contribution < 1.29 is 9.18 Å². The van der Waals surface area contributed by atoms with Gasteiger partial charge in [0.1, 0.15) is 0 Å². The van der Waals surface area contributed by atoms with E-state index in [2.05, 4.69) is 11.9 Å². The standard InChI is InChI=1S/C14H17FN2O/c1-9-2-4-11-5-3-10-6-13(15)16-7-12(10)14(18)17(11)8-9/h6-7,9,11H,2-5,8H2,1H3. The molecule has 2 aliphatic rings. The molecule has 2 aliphatic heterocycles. The number of rotatable bonds is 0. The minimum atomic E-state index is -0.491. The highest BCUT2D eigenvalue weighted by atomic mass is 19.1. The summed E-state index contributed by atoms with van der Waals surface area (Å²) in [6, 6.07) is 1.74. The lowest BCUT2D eigenvalue weighted by molar-refractivity contribution is 0.0548. The Balaban J connectivity index is 1.98. The van der Waals surface area contributed by atoms with E-state index in [-0.39, 0.29) is 5.91 Å². The first kappa shape index (κ1) is 11.6. The van der Waals surface area contributed by atoms with Crippen LogP contribution in [0.3, 0.4) is 0 Å². The van der Waals surface area contributed by atoms with Crippen LogP contribution in [0.25, 0.3) is 0 Å². The molecule has 3 heterocycles. The maximum absolute atomic E-state index is 13.2. The molecule has 0 spiro atoms. The van der Waals surface area contributed by atoms with Gasteiger partial charge in [0.2, 0.25) is 5.95 Å². The zero-order chi connectivity index (χ0) is 12.7. The molecule has 0 saturated carbocycles. The smallest absolute Gasteiger partial charge is 0.255 e. The van der Waals surface area contributed by atoms with Crippen LogP contribution in [0, 0.1) is 11.9 Å². The third kappa shape index (κ3) is 1.89. The van der Waals surface area contributed by atoms with E-state index in [4.69, 9.17) is 0 Å². The molecule has 4 heteroatoms. The van der Waals surface area contributed by atoms with E-state index in [0.717, 1.165) is 31.4 Å².